The van der Waals surface area contributed by atoms with Gasteiger partial charge in [-0.2, -0.15) is 0 Å². The number of methoxy groups -OCH3 is 1. The maximum Gasteiger partial charge on any atom is 0.249 e. The van der Waals surface area contributed by atoms with Crippen LogP contribution in [-0.4, -0.2) is 17.6 Å². The van der Waals surface area contributed by atoms with Crippen molar-refractivity contribution >= 4 is 27.7 Å². The first-order valence-corrected chi connectivity index (χ1v) is 11.1. The van der Waals surface area contributed by atoms with E-state index in [-0.39, 0.29) is 0 Å². The lowest BCUT2D eigenvalue weighted by Crippen LogP contribution is -2.11. The zero-order valence-electron chi connectivity index (χ0n) is 18.8. The first-order chi connectivity index (χ1) is 16.1. The molecule has 1 heterocycles. The first-order valence-electron chi connectivity index (χ1n) is 11.1. The summed E-state index contributed by atoms with van der Waals surface area (Å²) in [6, 6.07) is 29.9. The molecule has 1 radical (unpaired) electrons. The Morgan fingerprint density at radius 1 is 0.939 bits per heavy atom. The molecule has 0 saturated carbocycles. The molecule has 4 aromatic carbocycles. The molecule has 5 rings (SSSR count). The molecule has 0 atom stereocenters. The molecular formula is C29H25N2O2. The van der Waals surface area contributed by atoms with Crippen LogP contribution in [0.1, 0.15) is 28.4 Å². The van der Waals surface area contributed by atoms with Gasteiger partial charge < -0.3 is 15.0 Å². The van der Waals surface area contributed by atoms with Crippen molar-refractivity contribution in [3.63, 3.8) is 0 Å². The largest absolute Gasteiger partial charge is 0.497 e. The standard InChI is InChI=1S/C29H25N2O2/c1-3-19-7-4-5-8-22(19)18-31-26-10-6-9-25(29(30)32)28(26)24-16-13-21(17-27(24)31)20-11-14-23(33-2)15-12-20/h4-15,17H,3,18H2,1-2H3,(H2,30,32). The Morgan fingerprint density at radius 3 is 2.39 bits per heavy atom. The summed E-state index contributed by atoms with van der Waals surface area (Å²) in [5.41, 5.74) is 13.0. The van der Waals surface area contributed by atoms with Gasteiger partial charge in [-0.15, -0.1) is 0 Å². The quantitative estimate of drug-likeness (QED) is 0.358. The summed E-state index contributed by atoms with van der Waals surface area (Å²) >= 11 is 0. The third-order valence-corrected chi connectivity index (χ3v) is 6.31. The Kier molecular flexibility index (Phi) is 5.35. The van der Waals surface area contributed by atoms with Crippen molar-refractivity contribution in [2.75, 3.05) is 7.11 Å². The number of ether oxygens (including phenoxy) is 1. The summed E-state index contributed by atoms with van der Waals surface area (Å²) in [6.07, 6.45) is 0.961. The van der Waals surface area contributed by atoms with Gasteiger partial charge in [0.05, 0.1) is 18.1 Å². The van der Waals surface area contributed by atoms with Crippen molar-refractivity contribution in [2.24, 2.45) is 5.73 Å². The average Bonchev–Trinajstić information content (AvgIpc) is 3.17. The van der Waals surface area contributed by atoms with E-state index in [1.54, 1.807) is 13.2 Å². The number of rotatable bonds is 6. The number of primary amides is 1. The molecule has 0 fully saturated rings. The molecule has 0 bridgehead atoms. The van der Waals surface area contributed by atoms with E-state index in [0.717, 1.165) is 45.1 Å². The number of nitrogens with two attached hydrogens (primary N) is 1. The average molecular weight is 434 g/mol. The van der Waals surface area contributed by atoms with E-state index in [1.807, 2.05) is 36.4 Å². The minimum Gasteiger partial charge on any atom is -0.497 e. The molecule has 0 spiro atoms. The lowest BCUT2D eigenvalue weighted by atomic mass is 10.0. The predicted octanol–water partition coefficient (Wildman–Crippen LogP) is 5.98. The molecule has 0 saturated heterocycles. The molecule has 1 aromatic heterocycles. The zero-order valence-corrected chi connectivity index (χ0v) is 18.8. The predicted molar refractivity (Wildman–Crippen MR) is 134 cm³/mol. The van der Waals surface area contributed by atoms with Crippen LogP contribution in [-0.2, 0) is 13.0 Å². The van der Waals surface area contributed by atoms with Crippen LogP contribution < -0.4 is 10.5 Å². The van der Waals surface area contributed by atoms with Crippen molar-refractivity contribution in [1.29, 1.82) is 0 Å². The smallest absolute Gasteiger partial charge is 0.249 e. The van der Waals surface area contributed by atoms with Crippen LogP contribution in [0.15, 0.2) is 78.9 Å². The molecule has 0 aliphatic heterocycles. The maximum absolute atomic E-state index is 12.3. The van der Waals surface area contributed by atoms with Crippen LogP contribution in [0.3, 0.4) is 0 Å². The third-order valence-electron chi connectivity index (χ3n) is 6.31. The second kappa shape index (κ2) is 8.47. The van der Waals surface area contributed by atoms with Crippen LogP contribution in [0.25, 0.3) is 32.9 Å². The van der Waals surface area contributed by atoms with Gasteiger partial charge in [-0.05, 0) is 71.1 Å². The van der Waals surface area contributed by atoms with Gasteiger partial charge in [-0.3, -0.25) is 4.79 Å². The van der Waals surface area contributed by atoms with Crippen molar-refractivity contribution in [1.82, 2.24) is 4.57 Å². The van der Waals surface area contributed by atoms with E-state index in [9.17, 15) is 4.79 Å². The summed E-state index contributed by atoms with van der Waals surface area (Å²) in [5.74, 6) is 0.390. The second-order valence-electron chi connectivity index (χ2n) is 8.15. The fourth-order valence-electron chi connectivity index (χ4n) is 4.61. The number of benzene rings is 4. The number of amides is 1. The minimum absolute atomic E-state index is 0.429. The Labute approximate surface area is 193 Å². The summed E-state index contributed by atoms with van der Waals surface area (Å²) < 4.78 is 7.58. The van der Waals surface area contributed by atoms with E-state index < -0.39 is 5.91 Å². The summed E-state index contributed by atoms with van der Waals surface area (Å²) in [5, 5.41) is 1.76. The van der Waals surface area contributed by atoms with Crippen molar-refractivity contribution in [2.45, 2.75) is 19.9 Å². The minimum atomic E-state index is -0.429. The van der Waals surface area contributed by atoms with Crippen molar-refractivity contribution in [3.8, 4) is 16.9 Å². The van der Waals surface area contributed by atoms with E-state index >= 15 is 0 Å². The van der Waals surface area contributed by atoms with Gasteiger partial charge in [0.2, 0.25) is 5.91 Å². The van der Waals surface area contributed by atoms with Gasteiger partial charge in [0.1, 0.15) is 5.75 Å². The SMILES string of the molecule is CCc1ccccc1Cn1c2cc(-c3ccc(OC)cc3)c[c]c2c2c(C(N)=O)cccc21. The summed E-state index contributed by atoms with van der Waals surface area (Å²) in [4.78, 5) is 12.3. The number of nitrogens with zero attached hydrogens (tertiary/aromatic N) is 1. The molecule has 4 heteroatoms. The highest BCUT2D eigenvalue weighted by atomic mass is 16.5. The first kappa shape index (κ1) is 20.8. The van der Waals surface area contributed by atoms with Crippen molar-refractivity contribution in [3.05, 3.63) is 102 Å². The van der Waals surface area contributed by atoms with Gasteiger partial charge in [-0.25, -0.2) is 0 Å². The second-order valence-corrected chi connectivity index (χ2v) is 8.15. The van der Waals surface area contributed by atoms with E-state index in [0.29, 0.717) is 12.1 Å². The molecule has 163 valence electrons. The van der Waals surface area contributed by atoms with Gasteiger partial charge in [-0.1, -0.05) is 49.4 Å². The van der Waals surface area contributed by atoms with Gasteiger partial charge in [0.25, 0.3) is 0 Å². The Balaban J connectivity index is 1.77. The van der Waals surface area contributed by atoms with Crippen LogP contribution in [0.5, 0.6) is 5.75 Å². The molecule has 0 unspecified atom stereocenters. The normalized spacial score (nSPS) is 11.2. The monoisotopic (exact) mass is 433 g/mol. The molecule has 1 amide bonds. The van der Waals surface area contributed by atoms with E-state index in [4.69, 9.17) is 10.5 Å². The number of carbonyl (C=O) groups excluding carboxylic acids is 1. The molecule has 5 aromatic rings. The fraction of sp³-hybridized carbons (Fsp3) is 0.138. The third kappa shape index (κ3) is 3.64. The topological polar surface area (TPSA) is 57.2 Å². The summed E-state index contributed by atoms with van der Waals surface area (Å²) in [6.45, 7) is 2.87. The van der Waals surface area contributed by atoms with Crippen LogP contribution in [0.2, 0.25) is 0 Å². The number of fused-ring (bicyclic) bond motifs is 3. The Bertz CT molecular complexity index is 1480. The number of aryl methyl sites for hydroxylation is 1. The molecule has 0 aliphatic carbocycles. The number of hydrogen-bond donors (Lipinski definition) is 1. The van der Waals surface area contributed by atoms with E-state index in [1.165, 1.54) is 11.1 Å². The Morgan fingerprint density at radius 2 is 1.70 bits per heavy atom. The number of hydrogen-bond acceptors (Lipinski definition) is 2. The van der Waals surface area contributed by atoms with Gasteiger partial charge in [0, 0.05) is 22.9 Å². The van der Waals surface area contributed by atoms with Crippen LogP contribution in [0.4, 0.5) is 0 Å². The van der Waals surface area contributed by atoms with Crippen molar-refractivity contribution < 1.29 is 9.53 Å². The lowest BCUT2D eigenvalue weighted by molar-refractivity contribution is 0.100. The highest BCUT2D eigenvalue weighted by molar-refractivity contribution is 6.18. The molecule has 4 nitrogen and oxygen atoms in total. The number of aromatic nitrogens is 1. The molecule has 33 heavy (non-hydrogen) atoms. The van der Waals surface area contributed by atoms with Gasteiger partial charge >= 0.3 is 0 Å². The maximum atomic E-state index is 12.3. The lowest BCUT2D eigenvalue weighted by Gasteiger charge is -2.12. The Hall–Kier alpha value is -4.05. The van der Waals surface area contributed by atoms with Crippen LogP contribution >= 0.6 is 0 Å². The zero-order chi connectivity index (χ0) is 22.9. The molecular weight excluding hydrogens is 408 g/mol. The van der Waals surface area contributed by atoms with E-state index in [2.05, 4.69) is 54.0 Å². The number of carbonyl (C=O) groups is 1. The van der Waals surface area contributed by atoms with Crippen LogP contribution in [0, 0.1) is 6.07 Å². The van der Waals surface area contributed by atoms with Gasteiger partial charge in [0.15, 0.2) is 0 Å². The molecule has 0 aliphatic rings. The summed E-state index contributed by atoms with van der Waals surface area (Å²) in [7, 11) is 1.66. The highest BCUT2D eigenvalue weighted by Gasteiger charge is 2.18. The fourth-order valence-corrected chi connectivity index (χ4v) is 4.61. The highest BCUT2D eigenvalue weighted by Crippen LogP contribution is 2.35. The molecule has 2 N–H and O–H groups in total.